The highest BCUT2D eigenvalue weighted by atomic mass is 16.2. The first-order valence-electron chi connectivity index (χ1n) is 9.86. The van der Waals surface area contributed by atoms with Gasteiger partial charge in [-0.25, -0.2) is 9.78 Å². The lowest BCUT2D eigenvalue weighted by atomic mass is 9.94. The van der Waals surface area contributed by atoms with Crippen molar-refractivity contribution in [1.82, 2.24) is 23.6 Å². The van der Waals surface area contributed by atoms with Gasteiger partial charge in [0.05, 0.1) is 6.33 Å². The van der Waals surface area contributed by atoms with Crippen LogP contribution in [0.15, 0.2) is 15.9 Å². The lowest BCUT2D eigenvalue weighted by molar-refractivity contribution is -0.134. The zero-order valence-corrected chi connectivity index (χ0v) is 16.5. The van der Waals surface area contributed by atoms with Crippen LogP contribution in [0.2, 0.25) is 0 Å². The first kappa shape index (κ1) is 19.4. The molecule has 1 saturated carbocycles. The highest BCUT2D eigenvalue weighted by Gasteiger charge is 2.23. The van der Waals surface area contributed by atoms with E-state index >= 15 is 0 Å². The van der Waals surface area contributed by atoms with E-state index in [1.807, 2.05) is 11.8 Å². The molecule has 0 aliphatic heterocycles. The summed E-state index contributed by atoms with van der Waals surface area (Å²) in [5, 5.41) is 0. The molecule has 8 heteroatoms. The van der Waals surface area contributed by atoms with Gasteiger partial charge < -0.3 is 9.47 Å². The number of amides is 1. The summed E-state index contributed by atoms with van der Waals surface area (Å²) in [6.45, 7) is 3.32. The minimum Gasteiger partial charge on any atom is -0.340 e. The van der Waals surface area contributed by atoms with Crippen LogP contribution in [0.3, 0.4) is 0 Å². The predicted octanol–water partition coefficient (Wildman–Crippen LogP) is 1.40. The van der Waals surface area contributed by atoms with Crippen molar-refractivity contribution >= 4 is 17.1 Å². The summed E-state index contributed by atoms with van der Waals surface area (Å²) in [5.74, 6) is 0.189. The SMILES string of the molecule is CCN(C(=O)CCCn1cnc2c1c(=O)n(C)c(=O)n2C)C1CCCCC1. The van der Waals surface area contributed by atoms with E-state index in [0.717, 1.165) is 24.0 Å². The third-order valence-electron chi connectivity index (χ3n) is 5.68. The van der Waals surface area contributed by atoms with Gasteiger partial charge in [-0.15, -0.1) is 0 Å². The van der Waals surface area contributed by atoms with Gasteiger partial charge in [-0.1, -0.05) is 19.3 Å². The minimum absolute atomic E-state index is 0.189. The van der Waals surface area contributed by atoms with Crippen molar-refractivity contribution in [2.24, 2.45) is 14.1 Å². The van der Waals surface area contributed by atoms with Crippen molar-refractivity contribution in [2.75, 3.05) is 6.54 Å². The van der Waals surface area contributed by atoms with Crippen molar-refractivity contribution < 1.29 is 4.79 Å². The van der Waals surface area contributed by atoms with Crippen LogP contribution >= 0.6 is 0 Å². The van der Waals surface area contributed by atoms with Crippen LogP contribution in [0.25, 0.3) is 11.2 Å². The van der Waals surface area contributed by atoms with Gasteiger partial charge in [0.1, 0.15) is 0 Å². The van der Waals surface area contributed by atoms with Crippen LogP contribution in [0.1, 0.15) is 51.9 Å². The smallest absolute Gasteiger partial charge is 0.332 e. The summed E-state index contributed by atoms with van der Waals surface area (Å²) in [5.41, 5.74) is 0.0480. The number of aryl methyl sites for hydroxylation is 2. The average molecular weight is 375 g/mol. The lowest BCUT2D eigenvalue weighted by Crippen LogP contribution is -2.41. The molecule has 0 saturated heterocycles. The first-order chi connectivity index (χ1) is 13.0. The highest BCUT2D eigenvalue weighted by molar-refractivity contribution is 5.76. The zero-order chi connectivity index (χ0) is 19.6. The molecule has 0 atom stereocenters. The van der Waals surface area contributed by atoms with Gasteiger partial charge in [-0.05, 0) is 26.2 Å². The third-order valence-corrected chi connectivity index (χ3v) is 5.68. The fourth-order valence-electron chi connectivity index (χ4n) is 4.14. The number of rotatable bonds is 6. The van der Waals surface area contributed by atoms with E-state index in [1.54, 1.807) is 17.9 Å². The number of hydrogen-bond acceptors (Lipinski definition) is 4. The Hall–Kier alpha value is -2.38. The fraction of sp³-hybridized carbons (Fsp3) is 0.684. The van der Waals surface area contributed by atoms with Crippen molar-refractivity contribution in [3.8, 4) is 0 Å². The van der Waals surface area contributed by atoms with Gasteiger partial charge in [0.15, 0.2) is 11.2 Å². The summed E-state index contributed by atoms with van der Waals surface area (Å²) >= 11 is 0. The molecule has 148 valence electrons. The Morgan fingerprint density at radius 2 is 1.89 bits per heavy atom. The molecule has 27 heavy (non-hydrogen) atoms. The molecule has 0 aromatic carbocycles. The maximum Gasteiger partial charge on any atom is 0.332 e. The molecule has 0 radical (unpaired) electrons. The highest BCUT2D eigenvalue weighted by Crippen LogP contribution is 2.23. The third kappa shape index (κ3) is 3.70. The predicted molar refractivity (Wildman–Crippen MR) is 104 cm³/mol. The fourth-order valence-corrected chi connectivity index (χ4v) is 4.14. The Kier molecular flexibility index (Phi) is 5.82. The maximum atomic E-state index is 12.7. The number of nitrogens with zero attached hydrogens (tertiary/aromatic N) is 5. The maximum absolute atomic E-state index is 12.7. The molecule has 1 fully saturated rings. The summed E-state index contributed by atoms with van der Waals surface area (Å²) in [6, 6.07) is 0.382. The molecule has 0 bridgehead atoms. The van der Waals surface area contributed by atoms with E-state index in [0.29, 0.717) is 36.6 Å². The van der Waals surface area contributed by atoms with Crippen LogP contribution in [0, 0.1) is 0 Å². The van der Waals surface area contributed by atoms with E-state index in [2.05, 4.69) is 4.98 Å². The molecule has 3 rings (SSSR count). The molecule has 1 aliphatic carbocycles. The second-order valence-corrected chi connectivity index (χ2v) is 7.39. The molecule has 2 heterocycles. The van der Waals surface area contributed by atoms with Crippen LogP contribution in [0.5, 0.6) is 0 Å². The Morgan fingerprint density at radius 1 is 1.19 bits per heavy atom. The Labute approximate surface area is 158 Å². The summed E-state index contributed by atoms with van der Waals surface area (Å²) in [4.78, 5) is 43.4. The Balaban J connectivity index is 1.69. The summed E-state index contributed by atoms with van der Waals surface area (Å²) < 4.78 is 4.22. The van der Waals surface area contributed by atoms with E-state index < -0.39 is 0 Å². The second-order valence-electron chi connectivity index (χ2n) is 7.39. The topological polar surface area (TPSA) is 82.1 Å². The number of carbonyl (C=O) groups is 1. The monoisotopic (exact) mass is 375 g/mol. The van der Waals surface area contributed by atoms with Gasteiger partial charge >= 0.3 is 5.69 Å². The molecular formula is C19H29N5O3. The molecule has 8 nitrogen and oxygen atoms in total. The number of imidazole rings is 1. The molecule has 0 unspecified atom stereocenters. The van der Waals surface area contributed by atoms with Crippen molar-refractivity contribution in [3.05, 3.63) is 27.2 Å². The normalized spacial score (nSPS) is 15.4. The molecule has 2 aromatic rings. The second kappa shape index (κ2) is 8.10. The molecule has 1 amide bonds. The van der Waals surface area contributed by atoms with Crippen molar-refractivity contribution in [2.45, 2.75) is 64.5 Å². The molecular weight excluding hydrogens is 346 g/mol. The number of hydrogen-bond donors (Lipinski definition) is 0. The molecule has 2 aromatic heterocycles. The van der Waals surface area contributed by atoms with Gasteiger partial charge in [-0.2, -0.15) is 0 Å². The molecule has 0 N–H and O–H groups in total. The van der Waals surface area contributed by atoms with E-state index in [9.17, 15) is 14.4 Å². The Morgan fingerprint density at radius 3 is 2.56 bits per heavy atom. The van der Waals surface area contributed by atoms with Crippen molar-refractivity contribution in [1.29, 1.82) is 0 Å². The molecule has 0 spiro atoms. The average Bonchev–Trinajstić information content (AvgIpc) is 3.10. The van der Waals surface area contributed by atoms with Gasteiger partial charge in [0.2, 0.25) is 5.91 Å². The first-order valence-corrected chi connectivity index (χ1v) is 9.86. The van der Waals surface area contributed by atoms with Gasteiger partial charge in [0.25, 0.3) is 5.56 Å². The number of aromatic nitrogens is 4. The summed E-state index contributed by atoms with van der Waals surface area (Å²) in [6.07, 6.45) is 8.57. The quantitative estimate of drug-likeness (QED) is 0.764. The van der Waals surface area contributed by atoms with Crippen LogP contribution in [0.4, 0.5) is 0 Å². The van der Waals surface area contributed by atoms with Gasteiger partial charge in [-0.3, -0.25) is 18.7 Å². The minimum atomic E-state index is -0.390. The number of carbonyl (C=O) groups excluding carboxylic acids is 1. The van der Waals surface area contributed by atoms with Crippen LogP contribution in [-0.2, 0) is 25.4 Å². The van der Waals surface area contributed by atoms with E-state index in [1.165, 1.54) is 30.9 Å². The lowest BCUT2D eigenvalue weighted by Gasteiger charge is -2.33. The standard InChI is InChI=1S/C19H29N5O3/c1-4-24(14-9-6-5-7-10-14)15(25)11-8-12-23-13-20-17-16(23)18(26)22(3)19(27)21(17)2/h13-14H,4-12H2,1-3H3. The number of fused-ring (bicyclic) bond motifs is 1. The molecule has 1 aliphatic rings. The van der Waals surface area contributed by atoms with Crippen molar-refractivity contribution in [3.63, 3.8) is 0 Å². The van der Waals surface area contributed by atoms with Crippen LogP contribution in [-0.4, -0.2) is 42.1 Å². The summed E-state index contributed by atoms with van der Waals surface area (Å²) in [7, 11) is 3.07. The Bertz CT molecular complexity index is 933. The van der Waals surface area contributed by atoms with E-state index in [-0.39, 0.29) is 17.2 Å². The zero-order valence-electron chi connectivity index (χ0n) is 16.5. The van der Waals surface area contributed by atoms with Crippen LogP contribution < -0.4 is 11.2 Å². The largest absolute Gasteiger partial charge is 0.340 e. The van der Waals surface area contributed by atoms with E-state index in [4.69, 9.17) is 0 Å². The van der Waals surface area contributed by atoms with Gasteiger partial charge in [0, 0.05) is 39.6 Å².